The normalized spacial score (nSPS) is 14.0. The summed E-state index contributed by atoms with van der Waals surface area (Å²) in [6, 6.07) is 29.8. The molecular formula is C38H42ClN3O4S. The molecule has 0 saturated heterocycles. The summed E-state index contributed by atoms with van der Waals surface area (Å²) in [7, 11) is -4.17. The zero-order chi connectivity index (χ0) is 33.4. The number of aryl methyl sites for hydroxylation is 2. The van der Waals surface area contributed by atoms with Crippen molar-refractivity contribution >= 4 is 39.1 Å². The first-order valence-corrected chi connectivity index (χ1v) is 18.0. The first-order chi connectivity index (χ1) is 22.7. The Labute approximate surface area is 283 Å². The number of carbonyl (C=O) groups excluding carboxylic acids is 2. The van der Waals surface area contributed by atoms with Crippen LogP contribution in [0.4, 0.5) is 5.69 Å². The van der Waals surface area contributed by atoms with E-state index in [4.69, 9.17) is 11.6 Å². The van der Waals surface area contributed by atoms with E-state index in [-0.39, 0.29) is 29.8 Å². The summed E-state index contributed by atoms with van der Waals surface area (Å²) >= 11 is 6.19. The van der Waals surface area contributed by atoms with Gasteiger partial charge in [0.2, 0.25) is 11.8 Å². The quantitative estimate of drug-likeness (QED) is 0.164. The van der Waals surface area contributed by atoms with Crippen molar-refractivity contribution in [1.82, 2.24) is 10.2 Å². The first-order valence-electron chi connectivity index (χ1n) is 16.2. The van der Waals surface area contributed by atoms with Crippen molar-refractivity contribution < 1.29 is 18.0 Å². The Morgan fingerprint density at radius 1 is 0.851 bits per heavy atom. The topological polar surface area (TPSA) is 86.8 Å². The summed E-state index contributed by atoms with van der Waals surface area (Å²) in [5.41, 5.74) is 3.82. The number of para-hydroxylation sites is 1. The van der Waals surface area contributed by atoms with Crippen molar-refractivity contribution in [2.45, 2.75) is 75.9 Å². The minimum absolute atomic E-state index is 0.0445. The summed E-state index contributed by atoms with van der Waals surface area (Å²) in [6.45, 7) is 3.46. The van der Waals surface area contributed by atoms with Crippen molar-refractivity contribution in [3.8, 4) is 0 Å². The summed E-state index contributed by atoms with van der Waals surface area (Å²) in [5.74, 6) is -0.728. The monoisotopic (exact) mass is 671 g/mol. The Morgan fingerprint density at radius 2 is 1.49 bits per heavy atom. The minimum Gasteiger partial charge on any atom is -0.352 e. The van der Waals surface area contributed by atoms with Crippen molar-refractivity contribution in [3.63, 3.8) is 0 Å². The standard InChI is InChI=1S/C38H42ClN3O4S/c1-3-31-13-7-10-16-35(31)42(47(45,46)34-23-17-28(2)18-24-34)27-37(43)41(26-30-19-21-32(39)22-20-30)36(25-29-11-5-4-6-12-29)38(44)40-33-14-8-9-15-33/h4-7,10-13,16-24,33,36H,3,8-9,14-15,25-27H2,1-2H3,(H,40,44)/t36-/m1/s1. The zero-order valence-corrected chi connectivity index (χ0v) is 28.5. The predicted molar refractivity (Wildman–Crippen MR) is 188 cm³/mol. The van der Waals surface area contributed by atoms with Crippen LogP contribution in [0.1, 0.15) is 54.9 Å². The lowest BCUT2D eigenvalue weighted by atomic mass is 10.0. The van der Waals surface area contributed by atoms with Crippen LogP contribution in [0.2, 0.25) is 5.02 Å². The number of nitrogens with one attached hydrogen (secondary N) is 1. The molecule has 0 radical (unpaired) electrons. The van der Waals surface area contributed by atoms with Crippen molar-refractivity contribution in [1.29, 1.82) is 0 Å². The number of carbonyl (C=O) groups is 2. The summed E-state index contributed by atoms with van der Waals surface area (Å²) in [5, 5.41) is 3.76. The molecule has 5 rings (SSSR count). The molecule has 1 N–H and O–H groups in total. The van der Waals surface area contributed by atoms with Crippen LogP contribution in [0.3, 0.4) is 0 Å². The van der Waals surface area contributed by atoms with Gasteiger partial charge in [0.15, 0.2) is 0 Å². The third kappa shape index (κ3) is 8.62. The molecule has 1 atom stereocenters. The molecule has 2 amide bonds. The van der Waals surface area contributed by atoms with Gasteiger partial charge in [0, 0.05) is 24.0 Å². The molecule has 0 bridgehead atoms. The molecule has 1 aliphatic carbocycles. The molecule has 1 saturated carbocycles. The third-order valence-electron chi connectivity index (χ3n) is 8.77. The molecule has 0 heterocycles. The number of anilines is 1. The Balaban J connectivity index is 1.58. The van der Waals surface area contributed by atoms with Crippen LogP contribution in [0.25, 0.3) is 0 Å². The van der Waals surface area contributed by atoms with Gasteiger partial charge >= 0.3 is 0 Å². The van der Waals surface area contributed by atoms with Gasteiger partial charge in [0.25, 0.3) is 10.0 Å². The molecule has 246 valence electrons. The fourth-order valence-corrected chi connectivity index (χ4v) is 7.69. The van der Waals surface area contributed by atoms with Gasteiger partial charge in [-0.2, -0.15) is 0 Å². The van der Waals surface area contributed by atoms with Gasteiger partial charge < -0.3 is 10.2 Å². The molecule has 0 aromatic heterocycles. The lowest BCUT2D eigenvalue weighted by Gasteiger charge is -2.34. The number of hydrogen-bond acceptors (Lipinski definition) is 4. The van der Waals surface area contributed by atoms with Crippen LogP contribution in [-0.2, 0) is 39.0 Å². The number of nitrogens with zero attached hydrogens (tertiary/aromatic N) is 2. The Hall–Kier alpha value is -4.14. The van der Waals surface area contributed by atoms with Crippen molar-refractivity contribution in [3.05, 3.63) is 130 Å². The van der Waals surface area contributed by atoms with Gasteiger partial charge in [0.05, 0.1) is 10.6 Å². The summed E-state index contributed by atoms with van der Waals surface area (Å²) < 4.78 is 29.9. The average Bonchev–Trinajstić information content (AvgIpc) is 3.59. The second-order valence-electron chi connectivity index (χ2n) is 12.2. The van der Waals surface area contributed by atoms with Gasteiger partial charge in [-0.05, 0) is 73.2 Å². The van der Waals surface area contributed by atoms with Crippen LogP contribution in [0, 0.1) is 6.92 Å². The average molecular weight is 672 g/mol. The van der Waals surface area contributed by atoms with E-state index in [0.29, 0.717) is 17.1 Å². The molecule has 9 heteroatoms. The highest BCUT2D eigenvalue weighted by molar-refractivity contribution is 7.92. The number of hydrogen-bond donors (Lipinski definition) is 1. The van der Waals surface area contributed by atoms with E-state index < -0.39 is 28.5 Å². The highest BCUT2D eigenvalue weighted by Gasteiger charge is 2.36. The van der Waals surface area contributed by atoms with Crippen LogP contribution >= 0.6 is 11.6 Å². The summed E-state index contributed by atoms with van der Waals surface area (Å²) in [4.78, 5) is 30.5. The second-order valence-corrected chi connectivity index (χ2v) is 14.4. The minimum atomic E-state index is -4.17. The molecule has 47 heavy (non-hydrogen) atoms. The molecule has 0 unspecified atom stereocenters. The van der Waals surface area contributed by atoms with E-state index in [1.807, 2.05) is 68.4 Å². The van der Waals surface area contributed by atoms with Gasteiger partial charge in [-0.15, -0.1) is 0 Å². The molecule has 0 spiro atoms. The van der Waals surface area contributed by atoms with Gasteiger partial charge in [-0.25, -0.2) is 8.42 Å². The van der Waals surface area contributed by atoms with Crippen LogP contribution < -0.4 is 9.62 Å². The molecule has 4 aromatic carbocycles. The molecule has 0 aliphatic heterocycles. The maximum absolute atomic E-state index is 14.7. The van der Waals surface area contributed by atoms with Gasteiger partial charge in [-0.1, -0.05) is 110 Å². The van der Waals surface area contributed by atoms with E-state index in [1.54, 1.807) is 48.5 Å². The fraction of sp³-hybridized carbons (Fsp3) is 0.316. The SMILES string of the molecule is CCc1ccccc1N(CC(=O)N(Cc1ccc(Cl)cc1)[C@H](Cc1ccccc1)C(=O)NC1CCCC1)S(=O)(=O)c1ccc(C)cc1. The van der Waals surface area contributed by atoms with Gasteiger partial charge in [-0.3, -0.25) is 13.9 Å². The highest BCUT2D eigenvalue weighted by atomic mass is 35.5. The zero-order valence-electron chi connectivity index (χ0n) is 26.9. The summed E-state index contributed by atoms with van der Waals surface area (Å²) in [6.07, 6.45) is 4.72. The van der Waals surface area contributed by atoms with Crippen LogP contribution in [0.15, 0.2) is 108 Å². The van der Waals surface area contributed by atoms with E-state index in [0.717, 1.165) is 47.9 Å². The van der Waals surface area contributed by atoms with Gasteiger partial charge in [0.1, 0.15) is 12.6 Å². The Bertz CT molecular complexity index is 1760. The molecule has 1 aliphatic rings. The maximum Gasteiger partial charge on any atom is 0.264 e. The van der Waals surface area contributed by atoms with Crippen LogP contribution in [-0.4, -0.2) is 43.8 Å². The molecular weight excluding hydrogens is 630 g/mol. The predicted octanol–water partition coefficient (Wildman–Crippen LogP) is 7.11. The number of halogens is 1. The molecule has 7 nitrogen and oxygen atoms in total. The van der Waals surface area contributed by atoms with E-state index >= 15 is 0 Å². The lowest BCUT2D eigenvalue weighted by molar-refractivity contribution is -0.140. The molecule has 4 aromatic rings. The van der Waals surface area contributed by atoms with E-state index in [2.05, 4.69) is 5.32 Å². The fourth-order valence-electron chi connectivity index (χ4n) is 6.11. The van der Waals surface area contributed by atoms with Crippen molar-refractivity contribution in [2.75, 3.05) is 10.8 Å². The van der Waals surface area contributed by atoms with Crippen molar-refractivity contribution in [2.24, 2.45) is 0 Å². The Morgan fingerprint density at radius 3 is 2.15 bits per heavy atom. The molecule has 1 fully saturated rings. The van der Waals surface area contributed by atoms with Crippen LogP contribution in [0.5, 0.6) is 0 Å². The maximum atomic E-state index is 14.7. The first kappa shape index (κ1) is 34.2. The third-order valence-corrected chi connectivity index (χ3v) is 10.8. The lowest BCUT2D eigenvalue weighted by Crippen LogP contribution is -2.54. The number of amides is 2. The van der Waals surface area contributed by atoms with E-state index in [9.17, 15) is 18.0 Å². The number of rotatable bonds is 13. The smallest absolute Gasteiger partial charge is 0.264 e. The largest absolute Gasteiger partial charge is 0.352 e. The number of sulfonamides is 1. The highest BCUT2D eigenvalue weighted by Crippen LogP contribution is 2.29. The number of benzene rings is 4. The van der Waals surface area contributed by atoms with E-state index in [1.165, 1.54) is 9.21 Å². The second kappa shape index (κ2) is 15.6. The Kier molecular flexibility index (Phi) is 11.4.